The van der Waals surface area contributed by atoms with Crippen LogP contribution >= 0.6 is 0 Å². The molecule has 36 heavy (non-hydrogen) atoms. The third-order valence-corrected chi connectivity index (χ3v) is 8.30. The van der Waals surface area contributed by atoms with Gasteiger partial charge >= 0.3 is 5.97 Å². The van der Waals surface area contributed by atoms with E-state index >= 15 is 0 Å². The van der Waals surface area contributed by atoms with Gasteiger partial charge in [-0.15, -0.1) is 0 Å². The number of esters is 1. The number of hydrogen-bond acceptors (Lipinski definition) is 5. The molecule has 184 valence electrons. The largest absolute Gasteiger partial charge is 0.453 e. The highest BCUT2D eigenvalue weighted by atomic mass is 16.5. The molecule has 4 aliphatic rings. The Morgan fingerprint density at radius 3 is 2.11 bits per heavy atom. The fraction of sp³-hybridized carbons (Fsp3) is 0.367. The van der Waals surface area contributed by atoms with Gasteiger partial charge in [-0.3, -0.25) is 9.59 Å². The number of ether oxygens (including phenoxy) is 1. The molecule has 6 heteroatoms. The molecule has 4 aliphatic carbocycles. The molecular formula is C30H29NO5. The topological polar surface area (TPSA) is 85.6 Å². The van der Waals surface area contributed by atoms with Crippen molar-refractivity contribution in [1.29, 1.82) is 0 Å². The number of benzene rings is 2. The minimum atomic E-state index is -0.582. The van der Waals surface area contributed by atoms with Crippen LogP contribution in [0.5, 0.6) is 0 Å². The van der Waals surface area contributed by atoms with Crippen LogP contribution in [0.15, 0.2) is 65.1 Å². The van der Waals surface area contributed by atoms with Crippen LogP contribution in [0.25, 0.3) is 11.3 Å². The molecule has 3 aromatic rings. The first kappa shape index (κ1) is 22.8. The van der Waals surface area contributed by atoms with Crippen molar-refractivity contribution in [2.75, 3.05) is 11.9 Å². The summed E-state index contributed by atoms with van der Waals surface area (Å²) in [5.41, 5.74) is 3.51. The summed E-state index contributed by atoms with van der Waals surface area (Å²) in [5, 5.41) is 2.83. The third-order valence-electron chi connectivity index (χ3n) is 8.30. The van der Waals surface area contributed by atoms with Gasteiger partial charge in [-0.2, -0.15) is 0 Å². The first-order valence-electron chi connectivity index (χ1n) is 12.7. The summed E-state index contributed by atoms with van der Waals surface area (Å²) in [7, 11) is 0. The molecule has 0 saturated heterocycles. The highest BCUT2D eigenvalue weighted by Gasteiger charge is 2.51. The number of carbonyl (C=O) groups excluding carboxylic acids is 3. The predicted molar refractivity (Wildman–Crippen MR) is 135 cm³/mol. The van der Waals surface area contributed by atoms with Gasteiger partial charge in [0.05, 0.1) is 5.56 Å². The van der Waals surface area contributed by atoms with E-state index in [0.717, 1.165) is 23.3 Å². The van der Waals surface area contributed by atoms with Crippen molar-refractivity contribution in [3.8, 4) is 11.3 Å². The lowest BCUT2D eigenvalue weighted by atomic mass is 9.48. The van der Waals surface area contributed by atoms with E-state index in [2.05, 4.69) is 17.4 Å². The van der Waals surface area contributed by atoms with Gasteiger partial charge in [-0.25, -0.2) is 4.79 Å². The van der Waals surface area contributed by atoms with Crippen LogP contribution in [0.2, 0.25) is 0 Å². The lowest BCUT2D eigenvalue weighted by Gasteiger charge is -2.57. The Balaban J connectivity index is 1.02. The Kier molecular flexibility index (Phi) is 5.75. The Hall–Kier alpha value is -3.67. The van der Waals surface area contributed by atoms with Crippen molar-refractivity contribution >= 4 is 23.9 Å². The van der Waals surface area contributed by atoms with Gasteiger partial charge in [0.1, 0.15) is 5.76 Å². The maximum Gasteiger partial charge on any atom is 0.338 e. The summed E-state index contributed by atoms with van der Waals surface area (Å²) >= 11 is 0. The molecule has 6 nitrogen and oxygen atoms in total. The number of hydrogen-bond donors (Lipinski definition) is 1. The van der Waals surface area contributed by atoms with E-state index in [-0.39, 0.29) is 18.3 Å². The van der Waals surface area contributed by atoms with Crippen LogP contribution in [0.4, 0.5) is 5.69 Å². The number of carbonyl (C=O) groups is 3. The Bertz CT molecular complexity index is 1250. The zero-order chi connectivity index (χ0) is 24.7. The minimum Gasteiger partial charge on any atom is -0.453 e. The second-order valence-corrected chi connectivity index (χ2v) is 10.8. The van der Waals surface area contributed by atoms with E-state index in [9.17, 15) is 14.4 Å². The lowest BCUT2D eigenvalue weighted by Crippen LogP contribution is -2.48. The SMILES string of the molecule is O=Cc1ccc(-c2ccc(C(=O)OCC(=O)Nc3ccc(C45CC6CC(CC(C6)C4)C5)cc3)cc2)o1. The van der Waals surface area contributed by atoms with Gasteiger partial charge in [0, 0.05) is 11.3 Å². The summed E-state index contributed by atoms with van der Waals surface area (Å²) in [6, 6.07) is 18.2. The molecular weight excluding hydrogens is 454 g/mol. The molecule has 4 saturated carbocycles. The number of nitrogens with one attached hydrogen (secondary N) is 1. The monoisotopic (exact) mass is 483 g/mol. The Labute approximate surface area is 210 Å². The molecule has 4 fully saturated rings. The summed E-state index contributed by atoms with van der Waals surface area (Å²) in [6.45, 7) is -0.363. The smallest absolute Gasteiger partial charge is 0.338 e. The van der Waals surface area contributed by atoms with Crippen LogP contribution in [0.3, 0.4) is 0 Å². The molecule has 7 rings (SSSR count). The van der Waals surface area contributed by atoms with E-state index < -0.39 is 5.97 Å². The van der Waals surface area contributed by atoms with Crippen LogP contribution < -0.4 is 5.32 Å². The number of furan rings is 1. The standard InChI is InChI=1S/C30H29NO5/c32-17-26-9-10-27(36-26)22-1-3-23(4-2-22)29(34)35-18-28(33)31-25-7-5-24(6-8-25)30-14-19-11-20(15-30)13-21(12-19)16-30/h1-10,17,19-21H,11-16,18H2,(H,31,33). The number of amides is 1. The molecule has 1 N–H and O–H groups in total. The maximum absolute atomic E-state index is 12.4. The molecule has 1 aromatic heterocycles. The third kappa shape index (κ3) is 4.36. The lowest BCUT2D eigenvalue weighted by molar-refractivity contribution is -0.119. The average molecular weight is 484 g/mol. The van der Waals surface area contributed by atoms with Crippen LogP contribution in [-0.2, 0) is 14.9 Å². The number of anilines is 1. The predicted octanol–water partition coefficient (Wildman–Crippen LogP) is 6.02. The second kappa shape index (κ2) is 9.08. The van der Waals surface area contributed by atoms with Gasteiger partial charge < -0.3 is 14.5 Å². The van der Waals surface area contributed by atoms with E-state index in [0.29, 0.717) is 28.7 Å². The van der Waals surface area contributed by atoms with Crippen molar-refractivity contribution in [2.45, 2.75) is 43.9 Å². The van der Waals surface area contributed by atoms with Gasteiger partial charge in [0.15, 0.2) is 18.7 Å². The van der Waals surface area contributed by atoms with Crippen LogP contribution in [0, 0.1) is 17.8 Å². The zero-order valence-electron chi connectivity index (χ0n) is 20.1. The quantitative estimate of drug-likeness (QED) is 0.328. The summed E-state index contributed by atoms with van der Waals surface area (Å²) in [6.07, 6.45) is 8.82. The van der Waals surface area contributed by atoms with Crippen molar-refractivity contribution in [2.24, 2.45) is 17.8 Å². The van der Waals surface area contributed by atoms with Gasteiger partial charge in [-0.05, 0) is 104 Å². The zero-order valence-corrected chi connectivity index (χ0v) is 20.1. The molecule has 0 spiro atoms. The summed E-state index contributed by atoms with van der Waals surface area (Å²) in [5.74, 6) is 2.49. The van der Waals surface area contributed by atoms with E-state index in [1.54, 1.807) is 36.4 Å². The van der Waals surface area contributed by atoms with E-state index in [4.69, 9.17) is 9.15 Å². The maximum atomic E-state index is 12.4. The number of rotatable bonds is 7. The molecule has 0 unspecified atom stereocenters. The second-order valence-electron chi connectivity index (χ2n) is 10.8. The number of aldehydes is 1. The first-order chi connectivity index (χ1) is 17.5. The van der Waals surface area contributed by atoms with Gasteiger partial charge in [0.2, 0.25) is 0 Å². The molecule has 4 bridgehead atoms. The molecule has 2 aromatic carbocycles. The minimum absolute atomic E-state index is 0.238. The van der Waals surface area contributed by atoms with E-state index in [1.165, 1.54) is 44.1 Å². The van der Waals surface area contributed by atoms with Crippen molar-refractivity contribution < 1.29 is 23.5 Å². The summed E-state index contributed by atoms with van der Waals surface area (Å²) in [4.78, 5) is 35.6. The van der Waals surface area contributed by atoms with Gasteiger partial charge in [0.25, 0.3) is 5.91 Å². The van der Waals surface area contributed by atoms with Crippen molar-refractivity contribution in [3.63, 3.8) is 0 Å². The van der Waals surface area contributed by atoms with Crippen LogP contribution in [0.1, 0.15) is 65.0 Å². The van der Waals surface area contributed by atoms with Gasteiger partial charge in [-0.1, -0.05) is 24.3 Å². The molecule has 0 atom stereocenters. The fourth-order valence-electron chi connectivity index (χ4n) is 7.12. The first-order valence-corrected chi connectivity index (χ1v) is 12.7. The normalized spacial score (nSPS) is 25.9. The Morgan fingerprint density at radius 2 is 1.53 bits per heavy atom. The highest BCUT2D eigenvalue weighted by Crippen LogP contribution is 2.60. The highest BCUT2D eigenvalue weighted by molar-refractivity contribution is 5.95. The summed E-state index contributed by atoms with van der Waals surface area (Å²) < 4.78 is 10.6. The van der Waals surface area contributed by atoms with Crippen molar-refractivity contribution in [3.05, 3.63) is 77.6 Å². The fourth-order valence-corrected chi connectivity index (χ4v) is 7.12. The van der Waals surface area contributed by atoms with E-state index in [1.807, 2.05) is 12.1 Å². The van der Waals surface area contributed by atoms with Crippen LogP contribution in [-0.4, -0.2) is 24.8 Å². The molecule has 0 radical (unpaired) electrons. The molecule has 0 aliphatic heterocycles. The average Bonchev–Trinajstić information content (AvgIpc) is 3.36. The molecule has 1 heterocycles. The molecule has 1 amide bonds. The Morgan fingerprint density at radius 1 is 0.889 bits per heavy atom. The van der Waals surface area contributed by atoms with Crippen molar-refractivity contribution in [1.82, 2.24) is 0 Å².